The lowest BCUT2D eigenvalue weighted by atomic mass is 10.1. The Morgan fingerprint density at radius 1 is 0.967 bits per heavy atom. The zero-order valence-electron chi connectivity index (χ0n) is 15.6. The van der Waals surface area contributed by atoms with Crippen LogP contribution in [0.25, 0.3) is 0 Å². The van der Waals surface area contributed by atoms with E-state index in [0.717, 1.165) is 6.26 Å². The highest BCUT2D eigenvalue weighted by molar-refractivity contribution is 7.90. The van der Waals surface area contributed by atoms with Gasteiger partial charge in [0.2, 0.25) is 0 Å². The minimum absolute atomic E-state index is 0.00880. The number of fused-ring (bicyclic) bond motifs is 1. The number of para-hydroxylation sites is 1. The molecule has 1 amide bonds. The number of hydrogen-bond donors (Lipinski definition) is 0. The van der Waals surface area contributed by atoms with Crippen LogP contribution in [0.15, 0.2) is 65.6 Å². The number of carbonyl (C=O) groups is 1. The van der Waals surface area contributed by atoms with Crippen molar-refractivity contribution in [2.45, 2.75) is 4.90 Å². The number of sulfone groups is 1. The summed E-state index contributed by atoms with van der Waals surface area (Å²) >= 11 is 12.4. The molecule has 30 heavy (non-hydrogen) atoms. The third kappa shape index (κ3) is 3.53. The first-order valence-corrected chi connectivity index (χ1v) is 11.5. The summed E-state index contributed by atoms with van der Waals surface area (Å²) < 4.78 is 38.2. The van der Waals surface area contributed by atoms with Crippen LogP contribution in [0.5, 0.6) is 0 Å². The van der Waals surface area contributed by atoms with E-state index in [0.29, 0.717) is 11.4 Å². The second-order valence-corrected chi connectivity index (χ2v) is 9.60. The van der Waals surface area contributed by atoms with Crippen LogP contribution in [-0.4, -0.2) is 27.2 Å². The minimum atomic E-state index is -3.37. The van der Waals surface area contributed by atoms with E-state index < -0.39 is 21.6 Å². The number of carbonyl (C=O) groups excluding carboxylic acids is 1. The molecule has 0 aliphatic carbocycles. The summed E-state index contributed by atoms with van der Waals surface area (Å²) in [7, 11) is -3.37. The lowest BCUT2D eigenvalue weighted by Gasteiger charge is -2.21. The van der Waals surface area contributed by atoms with Crippen molar-refractivity contribution >= 4 is 56.0 Å². The second-order valence-electron chi connectivity index (χ2n) is 6.77. The van der Waals surface area contributed by atoms with E-state index in [1.54, 1.807) is 41.3 Å². The third-order valence-corrected chi connectivity index (χ3v) is 6.57. The van der Waals surface area contributed by atoms with Crippen molar-refractivity contribution in [3.8, 4) is 0 Å². The highest BCUT2D eigenvalue weighted by Gasteiger charge is 2.35. The van der Waals surface area contributed by atoms with Crippen LogP contribution in [0.1, 0.15) is 10.4 Å². The molecule has 0 N–H and O–H groups in total. The summed E-state index contributed by atoms with van der Waals surface area (Å²) in [6.07, 6.45) is 1.11. The van der Waals surface area contributed by atoms with E-state index in [1.165, 1.54) is 29.2 Å². The highest BCUT2D eigenvalue weighted by atomic mass is 35.5. The fourth-order valence-electron chi connectivity index (χ4n) is 3.37. The van der Waals surface area contributed by atoms with Crippen molar-refractivity contribution in [1.82, 2.24) is 0 Å². The fraction of sp³-hybridized carbons (Fsp3) is 0.0952. The molecule has 0 saturated carbocycles. The zero-order chi connectivity index (χ0) is 21.6. The monoisotopic (exact) mass is 464 g/mol. The Hall–Kier alpha value is -2.61. The minimum Gasteiger partial charge on any atom is -0.319 e. The fourth-order valence-corrected chi connectivity index (χ4v) is 4.56. The molecule has 0 radical (unpaired) electrons. The van der Waals surface area contributed by atoms with E-state index >= 15 is 0 Å². The van der Waals surface area contributed by atoms with Crippen molar-refractivity contribution in [3.63, 3.8) is 0 Å². The van der Waals surface area contributed by atoms with Gasteiger partial charge in [0.25, 0.3) is 5.91 Å². The predicted molar refractivity (Wildman–Crippen MR) is 116 cm³/mol. The van der Waals surface area contributed by atoms with Gasteiger partial charge in [-0.1, -0.05) is 35.3 Å². The van der Waals surface area contributed by atoms with Crippen molar-refractivity contribution in [2.75, 3.05) is 22.7 Å². The number of benzene rings is 3. The van der Waals surface area contributed by atoms with Crippen LogP contribution < -0.4 is 9.80 Å². The maximum atomic E-state index is 14.8. The average molecular weight is 465 g/mol. The molecule has 4 rings (SSSR count). The first-order chi connectivity index (χ1) is 14.2. The van der Waals surface area contributed by atoms with E-state index in [4.69, 9.17) is 23.2 Å². The molecule has 0 aromatic heterocycles. The molecule has 1 aliphatic rings. The van der Waals surface area contributed by atoms with Crippen molar-refractivity contribution in [2.24, 2.45) is 0 Å². The Kier molecular flexibility index (Phi) is 5.22. The van der Waals surface area contributed by atoms with Crippen molar-refractivity contribution in [1.29, 1.82) is 0 Å². The van der Waals surface area contributed by atoms with Gasteiger partial charge in [-0.05, 0) is 48.5 Å². The Morgan fingerprint density at radius 3 is 2.17 bits per heavy atom. The van der Waals surface area contributed by atoms with Gasteiger partial charge in [0, 0.05) is 11.9 Å². The summed E-state index contributed by atoms with van der Waals surface area (Å²) in [5, 5.41) is 0.391. The Morgan fingerprint density at radius 2 is 1.57 bits per heavy atom. The second kappa shape index (κ2) is 7.58. The molecule has 154 valence electrons. The largest absolute Gasteiger partial charge is 0.319 e. The van der Waals surface area contributed by atoms with Crippen molar-refractivity contribution < 1.29 is 17.6 Å². The molecule has 1 heterocycles. The average Bonchev–Trinajstić information content (AvgIpc) is 3.08. The molecule has 0 atom stereocenters. The highest BCUT2D eigenvalue weighted by Crippen LogP contribution is 2.43. The Labute approximate surface area is 183 Å². The van der Waals surface area contributed by atoms with Gasteiger partial charge in [-0.25, -0.2) is 12.8 Å². The molecule has 1 aliphatic heterocycles. The van der Waals surface area contributed by atoms with Gasteiger partial charge in [0.15, 0.2) is 9.84 Å². The van der Waals surface area contributed by atoms with Gasteiger partial charge in [-0.2, -0.15) is 0 Å². The number of rotatable bonds is 3. The molecular formula is C21H15Cl2FN2O3S. The molecule has 0 bridgehead atoms. The molecule has 0 spiro atoms. The SMILES string of the molecule is CS(=O)(=O)c1ccc(N2CN(C(=O)c3c(Cl)cccc3Cl)c3cccc(F)c32)cc1. The molecule has 3 aromatic carbocycles. The summed E-state index contributed by atoms with van der Waals surface area (Å²) in [4.78, 5) is 16.4. The zero-order valence-corrected chi connectivity index (χ0v) is 18.0. The molecule has 0 saturated heterocycles. The van der Waals surface area contributed by atoms with Gasteiger partial charge in [0.05, 0.1) is 26.2 Å². The smallest absolute Gasteiger partial charge is 0.262 e. The Balaban J connectivity index is 1.79. The molecule has 9 heteroatoms. The van der Waals surface area contributed by atoms with Crippen LogP contribution in [0.2, 0.25) is 10.0 Å². The molecule has 5 nitrogen and oxygen atoms in total. The van der Waals surface area contributed by atoms with E-state index in [1.807, 2.05) is 0 Å². The lowest BCUT2D eigenvalue weighted by Crippen LogP contribution is -2.34. The Bertz CT molecular complexity index is 1240. The first-order valence-electron chi connectivity index (χ1n) is 8.80. The summed E-state index contributed by atoms with van der Waals surface area (Å²) in [6, 6.07) is 15.2. The van der Waals surface area contributed by atoms with Gasteiger partial charge in [0.1, 0.15) is 18.2 Å². The summed E-state index contributed by atoms with van der Waals surface area (Å²) in [5.74, 6) is -0.979. The van der Waals surface area contributed by atoms with E-state index in [-0.39, 0.29) is 32.9 Å². The van der Waals surface area contributed by atoms with Gasteiger partial charge < -0.3 is 4.90 Å². The topological polar surface area (TPSA) is 57.7 Å². The van der Waals surface area contributed by atoms with Gasteiger partial charge in [-0.3, -0.25) is 9.69 Å². The summed E-state index contributed by atoms with van der Waals surface area (Å²) in [6.45, 7) is 0.00880. The van der Waals surface area contributed by atoms with E-state index in [2.05, 4.69) is 0 Å². The maximum Gasteiger partial charge on any atom is 0.262 e. The van der Waals surface area contributed by atoms with Crippen LogP contribution >= 0.6 is 23.2 Å². The lowest BCUT2D eigenvalue weighted by molar-refractivity contribution is 0.0989. The number of anilines is 3. The van der Waals surface area contributed by atoms with E-state index in [9.17, 15) is 17.6 Å². The number of nitrogens with zero attached hydrogens (tertiary/aromatic N) is 2. The first kappa shape index (κ1) is 20.7. The molecule has 0 unspecified atom stereocenters. The van der Waals surface area contributed by atoms with Gasteiger partial charge >= 0.3 is 0 Å². The third-order valence-electron chi connectivity index (χ3n) is 4.81. The normalized spacial score (nSPS) is 13.5. The molecular weight excluding hydrogens is 450 g/mol. The quantitative estimate of drug-likeness (QED) is 0.528. The van der Waals surface area contributed by atoms with Crippen LogP contribution in [-0.2, 0) is 9.84 Å². The standard InChI is InChI=1S/C21H15Cl2FN2O3S/c1-30(28,29)14-10-8-13(9-11-14)25-12-26(18-7-3-6-17(24)20(18)25)21(27)19-15(22)4-2-5-16(19)23/h2-11H,12H2,1H3. The van der Waals surface area contributed by atoms with Gasteiger partial charge in [-0.15, -0.1) is 0 Å². The summed E-state index contributed by atoms with van der Waals surface area (Å²) in [5.41, 5.74) is 1.24. The number of amides is 1. The van der Waals surface area contributed by atoms with Crippen LogP contribution in [0.4, 0.5) is 21.5 Å². The van der Waals surface area contributed by atoms with Crippen LogP contribution in [0.3, 0.4) is 0 Å². The maximum absolute atomic E-state index is 14.8. The molecule has 0 fully saturated rings. The molecule has 3 aromatic rings. The number of hydrogen-bond acceptors (Lipinski definition) is 4. The predicted octanol–water partition coefficient (Wildman–Crippen LogP) is 5.29. The van der Waals surface area contributed by atoms with Crippen molar-refractivity contribution in [3.05, 3.63) is 82.1 Å². The number of halogens is 3. The van der Waals surface area contributed by atoms with Crippen LogP contribution in [0, 0.1) is 5.82 Å².